The van der Waals surface area contributed by atoms with Crippen molar-refractivity contribution in [3.8, 4) is 5.69 Å². The Labute approximate surface area is 186 Å². The first kappa shape index (κ1) is 19.2. The molecule has 4 aromatic rings. The maximum atomic E-state index is 13.6. The van der Waals surface area contributed by atoms with E-state index in [2.05, 4.69) is 0 Å². The highest BCUT2D eigenvalue weighted by Crippen LogP contribution is 2.37. The molecule has 3 nitrogen and oxygen atoms in total. The lowest BCUT2D eigenvalue weighted by Crippen LogP contribution is -2.21. The number of aromatic nitrogens is 2. The van der Waals surface area contributed by atoms with Crippen molar-refractivity contribution in [2.24, 2.45) is 0 Å². The third-order valence-electron chi connectivity index (χ3n) is 5.11. The Hall–Kier alpha value is -1.79. The molecule has 146 valence electrons. The fraction of sp³-hybridized carbons (Fsp3) is 0.182. The first-order valence-electron chi connectivity index (χ1n) is 9.32. The van der Waals surface area contributed by atoms with Crippen LogP contribution in [0.2, 0.25) is 10.0 Å². The first-order valence-corrected chi connectivity index (χ1v) is 11.9. The van der Waals surface area contributed by atoms with Gasteiger partial charge in [-0.2, -0.15) is 0 Å². The van der Waals surface area contributed by atoms with Gasteiger partial charge in [-0.15, -0.1) is 11.3 Å². The van der Waals surface area contributed by atoms with Crippen LogP contribution in [0.25, 0.3) is 15.9 Å². The Kier molecular flexibility index (Phi) is 5.16. The molecule has 0 fully saturated rings. The van der Waals surface area contributed by atoms with Crippen LogP contribution in [0.3, 0.4) is 0 Å². The molecule has 0 bridgehead atoms. The summed E-state index contributed by atoms with van der Waals surface area (Å²) in [5.74, 6) is 0.579. The fourth-order valence-electron chi connectivity index (χ4n) is 3.73. The number of nitrogens with zero attached hydrogens (tertiary/aromatic N) is 2. The van der Waals surface area contributed by atoms with Crippen LogP contribution in [0.15, 0.2) is 58.5 Å². The first-order chi connectivity index (χ1) is 14.1. The van der Waals surface area contributed by atoms with E-state index >= 15 is 0 Å². The number of hydrogen-bond donors (Lipinski definition) is 0. The molecule has 0 spiro atoms. The molecule has 1 aliphatic carbocycles. The van der Waals surface area contributed by atoms with Crippen LogP contribution in [0.4, 0.5) is 0 Å². The molecular formula is C22H16Cl2N2OS2. The molecular weight excluding hydrogens is 443 g/mol. The number of benzene rings is 2. The Morgan fingerprint density at radius 3 is 2.72 bits per heavy atom. The normalized spacial score (nSPS) is 13.2. The average molecular weight is 459 g/mol. The highest BCUT2D eigenvalue weighted by atomic mass is 35.5. The van der Waals surface area contributed by atoms with Gasteiger partial charge < -0.3 is 0 Å². The molecule has 2 heterocycles. The predicted octanol–water partition coefficient (Wildman–Crippen LogP) is 6.54. The van der Waals surface area contributed by atoms with Crippen molar-refractivity contribution in [1.29, 1.82) is 0 Å². The minimum atomic E-state index is 0.0142. The van der Waals surface area contributed by atoms with Gasteiger partial charge in [0.05, 0.1) is 21.1 Å². The van der Waals surface area contributed by atoms with Crippen LogP contribution < -0.4 is 5.56 Å². The predicted molar refractivity (Wildman–Crippen MR) is 123 cm³/mol. The third-order valence-corrected chi connectivity index (χ3v) is 8.14. The Morgan fingerprint density at radius 2 is 1.90 bits per heavy atom. The van der Waals surface area contributed by atoms with Crippen LogP contribution in [-0.2, 0) is 18.6 Å². The number of thiophene rings is 1. The lowest BCUT2D eigenvalue weighted by atomic mass is 10.2. The number of para-hydroxylation sites is 1. The summed E-state index contributed by atoms with van der Waals surface area (Å²) in [5, 5.41) is 2.54. The highest BCUT2D eigenvalue weighted by molar-refractivity contribution is 7.98. The van der Waals surface area contributed by atoms with Crippen molar-refractivity contribution in [2.75, 3.05) is 0 Å². The molecule has 7 heteroatoms. The van der Waals surface area contributed by atoms with Crippen molar-refractivity contribution in [1.82, 2.24) is 9.55 Å². The second kappa shape index (κ2) is 7.80. The number of fused-ring (bicyclic) bond motifs is 3. The molecule has 1 aliphatic rings. The number of halogens is 2. The van der Waals surface area contributed by atoms with E-state index in [4.69, 9.17) is 28.2 Å². The molecule has 0 saturated carbocycles. The summed E-state index contributed by atoms with van der Waals surface area (Å²) in [7, 11) is 0. The maximum Gasteiger partial charge on any atom is 0.267 e. The van der Waals surface area contributed by atoms with Crippen LogP contribution in [0.1, 0.15) is 22.4 Å². The van der Waals surface area contributed by atoms with E-state index in [-0.39, 0.29) is 5.56 Å². The van der Waals surface area contributed by atoms with Crippen LogP contribution >= 0.6 is 46.3 Å². The number of aryl methyl sites for hydroxylation is 2. The molecule has 29 heavy (non-hydrogen) atoms. The minimum Gasteiger partial charge on any atom is -0.268 e. The van der Waals surface area contributed by atoms with E-state index in [0.29, 0.717) is 21.0 Å². The lowest BCUT2D eigenvalue weighted by molar-refractivity contribution is 0.820. The zero-order chi connectivity index (χ0) is 20.0. The molecule has 0 aliphatic heterocycles. The van der Waals surface area contributed by atoms with E-state index in [1.165, 1.54) is 22.2 Å². The summed E-state index contributed by atoms with van der Waals surface area (Å²) in [5.41, 5.74) is 2.96. The summed E-state index contributed by atoms with van der Waals surface area (Å²) >= 11 is 15.7. The van der Waals surface area contributed by atoms with Gasteiger partial charge in [0, 0.05) is 10.6 Å². The zero-order valence-electron chi connectivity index (χ0n) is 15.3. The zero-order valence-corrected chi connectivity index (χ0v) is 18.5. The summed E-state index contributed by atoms with van der Waals surface area (Å²) in [6.45, 7) is 0. The summed E-state index contributed by atoms with van der Waals surface area (Å²) in [6.07, 6.45) is 3.12. The Balaban J connectivity index is 1.65. The smallest absolute Gasteiger partial charge is 0.267 e. The molecule has 0 unspecified atom stereocenters. The van der Waals surface area contributed by atoms with Gasteiger partial charge in [0.1, 0.15) is 4.83 Å². The second-order valence-corrected chi connectivity index (χ2v) is 9.72. The van der Waals surface area contributed by atoms with Gasteiger partial charge in [-0.05, 0) is 48.6 Å². The van der Waals surface area contributed by atoms with Crippen LogP contribution in [-0.4, -0.2) is 9.55 Å². The average Bonchev–Trinajstić information content (AvgIpc) is 3.30. The van der Waals surface area contributed by atoms with Gasteiger partial charge in [-0.1, -0.05) is 65.3 Å². The largest absolute Gasteiger partial charge is 0.268 e. The van der Waals surface area contributed by atoms with Gasteiger partial charge in [-0.25, -0.2) is 4.98 Å². The van der Waals surface area contributed by atoms with Gasteiger partial charge >= 0.3 is 0 Å². The summed E-state index contributed by atoms with van der Waals surface area (Å²) in [6, 6.07) is 15.3. The van der Waals surface area contributed by atoms with Crippen LogP contribution in [0.5, 0.6) is 0 Å². The second-order valence-electron chi connectivity index (χ2n) is 6.91. The number of rotatable bonds is 4. The molecule has 0 radical (unpaired) electrons. The van der Waals surface area contributed by atoms with Gasteiger partial charge in [0.15, 0.2) is 5.16 Å². The van der Waals surface area contributed by atoms with Gasteiger partial charge in [0.25, 0.3) is 5.56 Å². The SMILES string of the molecule is O=c1c2c3c(sc2nc(SCc2cccc(Cl)c2Cl)n1-c1ccccc1)CCC3. The quantitative estimate of drug-likeness (QED) is 0.257. The standard InChI is InChI=1S/C22H16Cl2N2OS2/c23-16-10-4-6-13(19(16)24)12-28-22-25-20-18(15-9-5-11-17(15)29-20)21(27)26(22)14-7-2-1-3-8-14/h1-4,6-8,10H,5,9,11-12H2. The lowest BCUT2D eigenvalue weighted by Gasteiger charge is -2.13. The Morgan fingerprint density at radius 1 is 1.07 bits per heavy atom. The highest BCUT2D eigenvalue weighted by Gasteiger charge is 2.24. The molecule has 0 amide bonds. The molecule has 2 aromatic heterocycles. The van der Waals surface area contributed by atoms with Gasteiger partial charge in [-0.3, -0.25) is 9.36 Å². The molecule has 0 atom stereocenters. The van der Waals surface area contributed by atoms with E-state index in [1.54, 1.807) is 22.0 Å². The van der Waals surface area contributed by atoms with Gasteiger partial charge in [0.2, 0.25) is 0 Å². The Bertz CT molecular complexity index is 1280. The van der Waals surface area contributed by atoms with Crippen molar-refractivity contribution >= 4 is 56.5 Å². The molecule has 2 aromatic carbocycles. The monoisotopic (exact) mass is 458 g/mol. The number of hydrogen-bond acceptors (Lipinski definition) is 4. The summed E-state index contributed by atoms with van der Waals surface area (Å²) in [4.78, 5) is 20.6. The van der Waals surface area contributed by atoms with Crippen molar-refractivity contribution in [3.05, 3.63) is 84.9 Å². The third kappa shape index (κ3) is 3.40. The van der Waals surface area contributed by atoms with Crippen LogP contribution in [0, 0.1) is 0 Å². The number of thioether (sulfide) groups is 1. The van der Waals surface area contributed by atoms with Crippen molar-refractivity contribution in [3.63, 3.8) is 0 Å². The molecule has 0 saturated heterocycles. The van der Waals surface area contributed by atoms with Crippen molar-refractivity contribution < 1.29 is 0 Å². The van der Waals surface area contributed by atoms with E-state index in [1.807, 2.05) is 42.5 Å². The fourth-order valence-corrected chi connectivity index (χ4v) is 6.50. The van der Waals surface area contributed by atoms with E-state index in [0.717, 1.165) is 40.7 Å². The minimum absolute atomic E-state index is 0.0142. The van der Waals surface area contributed by atoms with Crippen molar-refractivity contribution in [2.45, 2.75) is 30.2 Å². The topological polar surface area (TPSA) is 34.9 Å². The molecule has 5 rings (SSSR count). The summed E-state index contributed by atoms with van der Waals surface area (Å²) < 4.78 is 1.73. The maximum absolute atomic E-state index is 13.6. The van der Waals surface area contributed by atoms with E-state index < -0.39 is 0 Å². The molecule has 0 N–H and O–H groups in total. The van der Waals surface area contributed by atoms with E-state index in [9.17, 15) is 4.79 Å².